The summed E-state index contributed by atoms with van der Waals surface area (Å²) in [5.41, 5.74) is 0.796. The Hall–Kier alpha value is -2.15. The summed E-state index contributed by atoms with van der Waals surface area (Å²) in [4.78, 5) is 16.3. The minimum Gasteiger partial charge on any atom is -0.469 e. The lowest BCUT2D eigenvalue weighted by Crippen LogP contribution is -2.47. The predicted octanol–water partition coefficient (Wildman–Crippen LogP) is 1.34. The van der Waals surface area contributed by atoms with E-state index in [1.165, 1.54) is 0 Å². The van der Waals surface area contributed by atoms with E-state index < -0.39 is 0 Å². The fourth-order valence-electron chi connectivity index (χ4n) is 2.50. The highest BCUT2D eigenvalue weighted by molar-refractivity contribution is 5.76. The highest BCUT2D eigenvalue weighted by atomic mass is 16.4. The highest BCUT2D eigenvalue weighted by Gasteiger charge is 2.20. The molecule has 2 aromatic heterocycles. The number of nitrogens with zero attached hydrogens (tertiary/aromatic N) is 4. The van der Waals surface area contributed by atoms with E-state index in [2.05, 4.69) is 22.1 Å². The first-order valence-electron chi connectivity index (χ1n) is 7.46. The van der Waals surface area contributed by atoms with E-state index in [0.29, 0.717) is 24.6 Å². The third-order valence-electron chi connectivity index (χ3n) is 3.96. The van der Waals surface area contributed by atoms with Gasteiger partial charge in [0.25, 0.3) is 5.89 Å². The van der Waals surface area contributed by atoms with Crippen LogP contribution in [0.5, 0.6) is 0 Å². The zero-order valence-electron chi connectivity index (χ0n) is 12.9. The smallest absolute Gasteiger partial charge is 0.251 e. The Kier molecular flexibility index (Phi) is 4.24. The Morgan fingerprint density at radius 2 is 2.05 bits per heavy atom. The van der Waals surface area contributed by atoms with Crippen LogP contribution in [-0.4, -0.2) is 59.1 Å². The molecule has 0 bridgehead atoms. The number of aromatic nitrogens is 2. The maximum Gasteiger partial charge on any atom is 0.251 e. The average Bonchev–Trinajstić information content (AvgIpc) is 3.14. The van der Waals surface area contributed by atoms with Crippen molar-refractivity contribution in [1.82, 2.24) is 20.0 Å². The lowest BCUT2D eigenvalue weighted by Gasteiger charge is -2.32. The molecule has 0 atom stereocenters. The molecule has 22 heavy (non-hydrogen) atoms. The van der Waals surface area contributed by atoms with Gasteiger partial charge in [0.1, 0.15) is 5.76 Å². The van der Waals surface area contributed by atoms with Crippen molar-refractivity contribution in [2.75, 3.05) is 33.2 Å². The van der Waals surface area contributed by atoms with Crippen molar-refractivity contribution < 1.29 is 13.6 Å². The molecule has 1 saturated heterocycles. The summed E-state index contributed by atoms with van der Waals surface area (Å²) in [6.07, 6.45) is 2.45. The molecule has 1 aliphatic heterocycles. The topological polar surface area (TPSA) is 75.6 Å². The maximum atomic E-state index is 12.2. The zero-order valence-corrected chi connectivity index (χ0v) is 12.9. The van der Waals surface area contributed by atoms with Gasteiger partial charge in [-0.25, -0.2) is 0 Å². The molecule has 0 radical (unpaired) electrons. The van der Waals surface area contributed by atoms with Crippen molar-refractivity contribution >= 4 is 5.91 Å². The molecule has 0 N–H and O–H groups in total. The number of likely N-dealkylation sites (N-methyl/N-ethyl adjacent to an activating group) is 1. The molecule has 7 heteroatoms. The van der Waals surface area contributed by atoms with Crippen LogP contribution in [0.4, 0.5) is 0 Å². The normalized spacial score (nSPS) is 16.2. The molecule has 0 saturated carbocycles. The van der Waals surface area contributed by atoms with Gasteiger partial charge in [-0.15, -0.1) is 10.2 Å². The maximum absolute atomic E-state index is 12.2. The van der Waals surface area contributed by atoms with Crippen LogP contribution in [0, 0.1) is 6.92 Å². The van der Waals surface area contributed by atoms with Crippen LogP contribution in [0.1, 0.15) is 18.1 Å². The lowest BCUT2D eigenvalue weighted by molar-refractivity contribution is -0.132. The predicted molar refractivity (Wildman–Crippen MR) is 79.1 cm³/mol. The quantitative estimate of drug-likeness (QED) is 0.848. The first-order chi connectivity index (χ1) is 10.6. The SMILES string of the molecule is Cc1occc1-c1nnc(CCC(=O)N2CCN(C)CC2)o1. The Morgan fingerprint density at radius 3 is 2.73 bits per heavy atom. The Labute approximate surface area is 128 Å². The van der Waals surface area contributed by atoms with Crippen LogP contribution < -0.4 is 0 Å². The van der Waals surface area contributed by atoms with Crippen molar-refractivity contribution in [3.63, 3.8) is 0 Å². The summed E-state index contributed by atoms with van der Waals surface area (Å²) < 4.78 is 10.8. The molecule has 0 unspecified atom stereocenters. The first kappa shape index (κ1) is 14.8. The van der Waals surface area contributed by atoms with E-state index >= 15 is 0 Å². The first-order valence-corrected chi connectivity index (χ1v) is 7.46. The highest BCUT2D eigenvalue weighted by Crippen LogP contribution is 2.23. The van der Waals surface area contributed by atoms with Crippen LogP contribution in [0.15, 0.2) is 21.2 Å². The van der Waals surface area contributed by atoms with Crippen molar-refractivity contribution in [1.29, 1.82) is 0 Å². The van der Waals surface area contributed by atoms with E-state index in [1.54, 1.807) is 12.3 Å². The number of rotatable bonds is 4. The molecule has 2 aromatic rings. The lowest BCUT2D eigenvalue weighted by atomic mass is 10.2. The van der Waals surface area contributed by atoms with Gasteiger partial charge in [-0.3, -0.25) is 4.79 Å². The van der Waals surface area contributed by atoms with E-state index in [9.17, 15) is 4.79 Å². The standard InChI is InChI=1S/C15H20N4O3/c1-11-12(5-10-21-11)15-17-16-13(22-15)3-4-14(20)19-8-6-18(2)7-9-19/h5,10H,3-4,6-9H2,1-2H3. The number of carbonyl (C=O) groups excluding carboxylic acids is 1. The fourth-order valence-corrected chi connectivity index (χ4v) is 2.50. The molecular weight excluding hydrogens is 284 g/mol. The third kappa shape index (κ3) is 3.19. The van der Waals surface area contributed by atoms with Crippen LogP contribution in [0.3, 0.4) is 0 Å². The molecule has 0 aromatic carbocycles. The molecule has 3 rings (SSSR count). The van der Waals surface area contributed by atoms with Crippen molar-refractivity contribution in [2.24, 2.45) is 0 Å². The molecule has 7 nitrogen and oxygen atoms in total. The molecule has 118 valence electrons. The molecular formula is C15H20N4O3. The van der Waals surface area contributed by atoms with Gasteiger partial charge in [0, 0.05) is 39.0 Å². The Morgan fingerprint density at radius 1 is 1.27 bits per heavy atom. The van der Waals surface area contributed by atoms with Gasteiger partial charge < -0.3 is 18.6 Å². The van der Waals surface area contributed by atoms with Gasteiger partial charge in [0.15, 0.2) is 0 Å². The summed E-state index contributed by atoms with van der Waals surface area (Å²) in [6, 6.07) is 1.79. The second-order valence-corrected chi connectivity index (χ2v) is 5.58. The number of hydrogen-bond donors (Lipinski definition) is 0. The summed E-state index contributed by atoms with van der Waals surface area (Å²) in [5.74, 6) is 1.81. The second kappa shape index (κ2) is 6.31. The van der Waals surface area contributed by atoms with Crippen molar-refractivity contribution in [3.05, 3.63) is 24.0 Å². The fraction of sp³-hybridized carbons (Fsp3) is 0.533. The van der Waals surface area contributed by atoms with Gasteiger partial charge in [-0.05, 0) is 20.0 Å². The van der Waals surface area contributed by atoms with Crippen molar-refractivity contribution in [3.8, 4) is 11.5 Å². The van der Waals surface area contributed by atoms with Gasteiger partial charge in [0.2, 0.25) is 11.8 Å². The molecule has 1 fully saturated rings. The van der Waals surface area contributed by atoms with E-state index in [1.807, 2.05) is 11.8 Å². The van der Waals surface area contributed by atoms with Gasteiger partial charge in [-0.2, -0.15) is 0 Å². The minimum absolute atomic E-state index is 0.146. The second-order valence-electron chi connectivity index (χ2n) is 5.58. The van der Waals surface area contributed by atoms with E-state index in [4.69, 9.17) is 8.83 Å². The van der Waals surface area contributed by atoms with Crippen LogP contribution >= 0.6 is 0 Å². The molecule has 0 spiro atoms. The number of aryl methyl sites for hydroxylation is 2. The molecule has 1 amide bonds. The summed E-state index contributed by atoms with van der Waals surface area (Å²) in [5, 5.41) is 8.02. The zero-order chi connectivity index (χ0) is 15.5. The Balaban J connectivity index is 1.55. The monoisotopic (exact) mass is 304 g/mol. The number of furan rings is 1. The summed E-state index contributed by atoms with van der Waals surface area (Å²) in [7, 11) is 2.07. The van der Waals surface area contributed by atoms with E-state index in [-0.39, 0.29) is 5.91 Å². The Bertz CT molecular complexity index is 641. The van der Waals surface area contributed by atoms with Gasteiger partial charge in [0.05, 0.1) is 11.8 Å². The van der Waals surface area contributed by atoms with Crippen LogP contribution in [-0.2, 0) is 11.2 Å². The van der Waals surface area contributed by atoms with Gasteiger partial charge >= 0.3 is 0 Å². The summed E-state index contributed by atoms with van der Waals surface area (Å²) >= 11 is 0. The molecule has 0 aliphatic carbocycles. The number of amides is 1. The van der Waals surface area contributed by atoms with Crippen LogP contribution in [0.2, 0.25) is 0 Å². The van der Waals surface area contributed by atoms with Gasteiger partial charge in [-0.1, -0.05) is 0 Å². The minimum atomic E-state index is 0.146. The molecule has 3 heterocycles. The number of piperazine rings is 1. The van der Waals surface area contributed by atoms with Crippen LogP contribution in [0.25, 0.3) is 11.5 Å². The van der Waals surface area contributed by atoms with Crippen molar-refractivity contribution in [2.45, 2.75) is 19.8 Å². The molecule has 1 aliphatic rings. The number of carbonyl (C=O) groups is 1. The largest absolute Gasteiger partial charge is 0.469 e. The third-order valence-corrected chi connectivity index (χ3v) is 3.96. The summed E-state index contributed by atoms with van der Waals surface area (Å²) in [6.45, 7) is 5.28. The van der Waals surface area contributed by atoms with E-state index in [0.717, 1.165) is 37.5 Å². The average molecular weight is 304 g/mol. The number of hydrogen-bond acceptors (Lipinski definition) is 6.